The molecule has 0 aromatic heterocycles. The molecule has 0 saturated heterocycles. The van der Waals surface area contributed by atoms with Crippen molar-refractivity contribution < 1.29 is 14.3 Å². The van der Waals surface area contributed by atoms with E-state index >= 15 is 0 Å². The Morgan fingerprint density at radius 1 is 1.15 bits per heavy atom. The zero-order valence-electron chi connectivity index (χ0n) is 12.9. The van der Waals surface area contributed by atoms with Gasteiger partial charge in [0.25, 0.3) is 5.91 Å². The van der Waals surface area contributed by atoms with E-state index in [1.54, 1.807) is 0 Å². The van der Waals surface area contributed by atoms with E-state index in [4.69, 9.17) is 9.47 Å². The first kappa shape index (κ1) is 16.5. The molecule has 4 heteroatoms. The summed E-state index contributed by atoms with van der Waals surface area (Å²) >= 11 is 0. The Morgan fingerprint density at radius 2 is 1.80 bits per heavy atom. The second kappa shape index (κ2) is 7.90. The summed E-state index contributed by atoms with van der Waals surface area (Å²) in [6.45, 7) is 8.87. The van der Waals surface area contributed by atoms with Crippen LogP contribution in [0.1, 0.15) is 40.5 Å². The Morgan fingerprint density at radius 3 is 2.30 bits per heavy atom. The van der Waals surface area contributed by atoms with Crippen LogP contribution in [0, 0.1) is 0 Å². The molecule has 1 aromatic rings. The molecule has 1 aromatic carbocycles. The van der Waals surface area contributed by atoms with Gasteiger partial charge in [-0.2, -0.15) is 0 Å². The van der Waals surface area contributed by atoms with Gasteiger partial charge in [-0.3, -0.25) is 4.79 Å². The molecule has 0 aliphatic rings. The Kier molecular flexibility index (Phi) is 6.52. The highest BCUT2D eigenvalue weighted by atomic mass is 16.5. The maximum Gasteiger partial charge on any atom is 0.256 e. The molecular weight excluding hydrogens is 254 g/mol. The summed E-state index contributed by atoms with van der Waals surface area (Å²) in [4.78, 5) is 12.4. The number of nitrogens with one attached hydrogen (secondary N) is 1. The number of hydrogen-bond acceptors (Lipinski definition) is 3. The highest BCUT2D eigenvalue weighted by Gasteiger charge is 2.32. The van der Waals surface area contributed by atoms with Gasteiger partial charge >= 0.3 is 0 Å². The third-order valence-electron chi connectivity index (χ3n) is 3.09. The van der Waals surface area contributed by atoms with E-state index < -0.39 is 5.60 Å². The average Bonchev–Trinajstić information content (AvgIpc) is 2.42. The molecule has 0 unspecified atom stereocenters. The summed E-state index contributed by atoms with van der Waals surface area (Å²) < 4.78 is 11.0. The van der Waals surface area contributed by atoms with Crippen molar-refractivity contribution in [3.63, 3.8) is 0 Å². The predicted molar refractivity (Wildman–Crippen MR) is 81.2 cm³/mol. The first-order valence-electron chi connectivity index (χ1n) is 7.24. The molecule has 0 radical (unpaired) electrons. The molecule has 0 aliphatic heterocycles. The summed E-state index contributed by atoms with van der Waals surface area (Å²) in [5.74, 6) is 0.692. The van der Waals surface area contributed by atoms with Gasteiger partial charge in [0.2, 0.25) is 0 Å². The molecule has 0 saturated carbocycles. The minimum atomic E-state index is -0.776. The quantitative estimate of drug-likeness (QED) is 0.790. The molecule has 0 bridgehead atoms. The van der Waals surface area contributed by atoms with Crippen LogP contribution >= 0.6 is 0 Å². The molecule has 112 valence electrons. The second-order valence-corrected chi connectivity index (χ2v) is 4.83. The number of amides is 1. The Hall–Kier alpha value is -1.55. The number of rotatable bonds is 8. The van der Waals surface area contributed by atoms with E-state index in [2.05, 4.69) is 5.32 Å². The van der Waals surface area contributed by atoms with Gasteiger partial charge < -0.3 is 14.8 Å². The van der Waals surface area contributed by atoms with Gasteiger partial charge in [0.15, 0.2) is 0 Å². The van der Waals surface area contributed by atoms with Gasteiger partial charge in [0.1, 0.15) is 11.4 Å². The summed E-state index contributed by atoms with van der Waals surface area (Å²) in [5, 5.41) is 2.90. The summed E-state index contributed by atoms with van der Waals surface area (Å²) in [5.41, 5.74) is -0.0253. The van der Waals surface area contributed by atoms with Gasteiger partial charge in [-0.25, -0.2) is 0 Å². The summed E-state index contributed by atoms with van der Waals surface area (Å²) in [6.07, 6.45) is 1.59. The van der Waals surface area contributed by atoms with Crippen LogP contribution in [-0.2, 0) is 9.53 Å². The van der Waals surface area contributed by atoms with Crippen molar-refractivity contribution in [2.45, 2.75) is 46.1 Å². The van der Waals surface area contributed by atoms with Crippen molar-refractivity contribution in [2.75, 3.05) is 18.5 Å². The Balaban J connectivity index is 2.72. The van der Waals surface area contributed by atoms with Crippen LogP contribution < -0.4 is 10.1 Å². The minimum absolute atomic E-state index is 0.106. The highest BCUT2D eigenvalue weighted by molar-refractivity contribution is 5.97. The highest BCUT2D eigenvalue weighted by Crippen LogP contribution is 2.22. The molecule has 1 rings (SSSR count). The van der Waals surface area contributed by atoms with Crippen LogP contribution in [0.25, 0.3) is 0 Å². The molecular formula is C16H25NO3. The van der Waals surface area contributed by atoms with Crippen LogP contribution in [-0.4, -0.2) is 24.7 Å². The van der Waals surface area contributed by atoms with Crippen molar-refractivity contribution in [3.8, 4) is 5.75 Å². The first-order valence-corrected chi connectivity index (χ1v) is 7.24. The number of anilines is 1. The number of carbonyl (C=O) groups excluding carboxylic acids is 1. The first-order chi connectivity index (χ1) is 9.55. The van der Waals surface area contributed by atoms with E-state index in [-0.39, 0.29) is 5.91 Å². The van der Waals surface area contributed by atoms with E-state index in [1.807, 2.05) is 52.0 Å². The topological polar surface area (TPSA) is 47.6 Å². The smallest absolute Gasteiger partial charge is 0.256 e. The van der Waals surface area contributed by atoms with Gasteiger partial charge in [-0.05, 0) is 51.5 Å². The largest absolute Gasteiger partial charge is 0.494 e. The summed E-state index contributed by atoms with van der Waals surface area (Å²) in [6, 6.07) is 7.36. The molecule has 0 heterocycles. The molecule has 0 aliphatic carbocycles. The number of benzene rings is 1. The lowest BCUT2D eigenvalue weighted by molar-refractivity contribution is -0.139. The fraction of sp³-hybridized carbons (Fsp3) is 0.562. The normalized spacial score (nSPS) is 13.6. The van der Waals surface area contributed by atoms with Gasteiger partial charge in [-0.1, -0.05) is 13.3 Å². The van der Waals surface area contributed by atoms with Crippen LogP contribution in [0.3, 0.4) is 0 Å². The zero-order valence-corrected chi connectivity index (χ0v) is 12.9. The fourth-order valence-electron chi connectivity index (χ4n) is 2.11. The Labute approximate surface area is 121 Å². The third-order valence-corrected chi connectivity index (χ3v) is 3.09. The summed E-state index contributed by atoms with van der Waals surface area (Å²) in [7, 11) is 0. The minimum Gasteiger partial charge on any atom is -0.494 e. The lowest BCUT2D eigenvalue weighted by Gasteiger charge is -2.27. The lowest BCUT2D eigenvalue weighted by atomic mass is 9.99. The van der Waals surface area contributed by atoms with Crippen molar-refractivity contribution in [2.24, 2.45) is 0 Å². The van der Waals surface area contributed by atoms with Crippen LogP contribution in [0.4, 0.5) is 5.69 Å². The molecule has 0 spiro atoms. The third kappa shape index (κ3) is 4.53. The van der Waals surface area contributed by atoms with E-state index in [9.17, 15) is 4.79 Å². The monoisotopic (exact) mass is 279 g/mol. The van der Waals surface area contributed by atoms with Crippen molar-refractivity contribution in [1.29, 1.82) is 0 Å². The molecule has 1 N–H and O–H groups in total. The Bertz CT molecular complexity index is 408. The maximum absolute atomic E-state index is 12.4. The molecule has 1 amide bonds. The van der Waals surface area contributed by atoms with Gasteiger partial charge in [-0.15, -0.1) is 0 Å². The van der Waals surface area contributed by atoms with Crippen molar-refractivity contribution in [1.82, 2.24) is 0 Å². The lowest BCUT2D eigenvalue weighted by Crippen LogP contribution is -2.42. The fourth-order valence-corrected chi connectivity index (χ4v) is 2.11. The SMILES string of the molecule is CCC[C@](C)(OCC)C(=O)Nc1ccc(OCC)cc1. The molecule has 20 heavy (non-hydrogen) atoms. The van der Waals surface area contributed by atoms with E-state index in [1.165, 1.54) is 0 Å². The number of ether oxygens (including phenoxy) is 2. The molecule has 4 nitrogen and oxygen atoms in total. The zero-order chi connectivity index (χ0) is 15.0. The van der Waals surface area contributed by atoms with Crippen molar-refractivity contribution >= 4 is 11.6 Å². The van der Waals surface area contributed by atoms with Crippen LogP contribution in [0.2, 0.25) is 0 Å². The van der Waals surface area contributed by atoms with Crippen LogP contribution in [0.15, 0.2) is 24.3 Å². The predicted octanol–water partition coefficient (Wildman–Crippen LogP) is 3.62. The van der Waals surface area contributed by atoms with Gasteiger partial charge in [0.05, 0.1) is 6.61 Å². The standard InChI is InChI=1S/C16H25NO3/c1-5-12-16(4,20-7-3)15(18)17-13-8-10-14(11-9-13)19-6-2/h8-11H,5-7,12H2,1-4H3,(H,17,18)/t16-/m0/s1. The second-order valence-electron chi connectivity index (χ2n) is 4.83. The molecule has 1 atom stereocenters. The molecule has 0 fully saturated rings. The van der Waals surface area contributed by atoms with Gasteiger partial charge in [0, 0.05) is 12.3 Å². The number of hydrogen-bond donors (Lipinski definition) is 1. The van der Waals surface area contributed by atoms with E-state index in [0.29, 0.717) is 19.6 Å². The number of carbonyl (C=O) groups is 1. The average molecular weight is 279 g/mol. The van der Waals surface area contributed by atoms with Crippen molar-refractivity contribution in [3.05, 3.63) is 24.3 Å². The van der Waals surface area contributed by atoms with Crippen LogP contribution in [0.5, 0.6) is 5.75 Å². The maximum atomic E-state index is 12.4. The van der Waals surface area contributed by atoms with E-state index in [0.717, 1.165) is 17.9 Å².